The van der Waals surface area contributed by atoms with Crippen molar-refractivity contribution in [1.82, 2.24) is 10.6 Å². The van der Waals surface area contributed by atoms with Gasteiger partial charge in [0, 0.05) is 13.1 Å². The van der Waals surface area contributed by atoms with Crippen LogP contribution in [0, 0.1) is 5.41 Å². The minimum atomic E-state index is -4.30. The lowest BCUT2D eigenvalue weighted by atomic mass is 9.81. The molecule has 0 aliphatic carbocycles. The molecule has 1 rings (SSSR count). The molecule has 1 saturated heterocycles. The van der Waals surface area contributed by atoms with Crippen LogP contribution in [-0.4, -0.2) is 31.1 Å². The van der Waals surface area contributed by atoms with Crippen LogP contribution in [-0.2, 0) is 9.59 Å². The van der Waals surface area contributed by atoms with Crippen molar-refractivity contribution < 1.29 is 22.8 Å². The molecule has 17 heavy (non-hydrogen) atoms. The molecule has 0 spiro atoms. The molecule has 2 amide bonds. The third-order valence-electron chi connectivity index (χ3n) is 2.84. The fourth-order valence-electron chi connectivity index (χ4n) is 1.68. The van der Waals surface area contributed by atoms with E-state index in [-0.39, 0.29) is 0 Å². The minimum Gasteiger partial charge on any atom is -0.355 e. The lowest BCUT2D eigenvalue weighted by Gasteiger charge is -2.31. The molecule has 1 atom stereocenters. The van der Waals surface area contributed by atoms with E-state index in [4.69, 9.17) is 0 Å². The minimum absolute atomic E-state index is 0.358. The molecule has 1 heterocycles. The molecule has 0 aromatic heterocycles. The van der Waals surface area contributed by atoms with Crippen LogP contribution in [0.3, 0.4) is 0 Å². The van der Waals surface area contributed by atoms with Crippen molar-refractivity contribution in [1.29, 1.82) is 0 Å². The van der Waals surface area contributed by atoms with E-state index >= 15 is 0 Å². The highest BCUT2D eigenvalue weighted by Crippen LogP contribution is 2.27. The monoisotopic (exact) mass is 252 g/mol. The molecule has 0 radical (unpaired) electrons. The second-order valence-corrected chi connectivity index (χ2v) is 4.31. The van der Waals surface area contributed by atoms with Gasteiger partial charge in [-0.1, -0.05) is 0 Å². The first-order chi connectivity index (χ1) is 7.76. The Morgan fingerprint density at radius 1 is 1.53 bits per heavy atom. The topological polar surface area (TPSA) is 58.2 Å². The number of amides is 2. The molecule has 0 bridgehead atoms. The SMILES string of the molecule is CC1(C(=O)NCCC(F)(F)F)CCCNC1=O. The number of rotatable bonds is 3. The number of carbonyl (C=O) groups is 2. The van der Waals surface area contributed by atoms with E-state index in [0.29, 0.717) is 19.4 Å². The second kappa shape index (κ2) is 4.93. The number of carbonyl (C=O) groups excluding carboxylic acids is 2. The molecule has 2 N–H and O–H groups in total. The molecular formula is C10H15F3N2O2. The Kier molecular flexibility index (Phi) is 4.00. The largest absolute Gasteiger partial charge is 0.390 e. The van der Waals surface area contributed by atoms with Gasteiger partial charge in [-0.15, -0.1) is 0 Å². The van der Waals surface area contributed by atoms with Crippen molar-refractivity contribution in [2.24, 2.45) is 5.41 Å². The number of piperidine rings is 1. The van der Waals surface area contributed by atoms with Crippen LogP contribution in [0.5, 0.6) is 0 Å². The number of hydrogen-bond donors (Lipinski definition) is 2. The summed E-state index contributed by atoms with van der Waals surface area (Å²) >= 11 is 0. The van der Waals surface area contributed by atoms with Crippen molar-refractivity contribution in [3.63, 3.8) is 0 Å². The summed E-state index contributed by atoms with van der Waals surface area (Å²) in [6, 6.07) is 0. The summed E-state index contributed by atoms with van der Waals surface area (Å²) in [5.41, 5.74) is -1.25. The van der Waals surface area contributed by atoms with Crippen LogP contribution < -0.4 is 10.6 Å². The lowest BCUT2D eigenvalue weighted by molar-refractivity contribution is -0.146. The van der Waals surface area contributed by atoms with Gasteiger partial charge in [0.1, 0.15) is 5.41 Å². The van der Waals surface area contributed by atoms with Gasteiger partial charge in [-0.2, -0.15) is 13.2 Å². The first-order valence-corrected chi connectivity index (χ1v) is 5.39. The van der Waals surface area contributed by atoms with Crippen molar-refractivity contribution >= 4 is 11.8 Å². The number of hydrogen-bond acceptors (Lipinski definition) is 2. The Hall–Kier alpha value is -1.27. The van der Waals surface area contributed by atoms with E-state index in [2.05, 4.69) is 10.6 Å². The zero-order valence-corrected chi connectivity index (χ0v) is 9.49. The molecule has 0 aromatic carbocycles. The standard InChI is InChI=1S/C10H15F3N2O2/c1-9(3-2-5-14-7(9)16)8(17)15-6-4-10(11,12)13/h2-6H2,1H3,(H,14,16)(H,15,17). The Morgan fingerprint density at radius 3 is 2.71 bits per heavy atom. The Balaban J connectivity index is 2.49. The van der Waals surface area contributed by atoms with Gasteiger partial charge < -0.3 is 10.6 Å². The summed E-state index contributed by atoms with van der Waals surface area (Å²) in [6.07, 6.45) is -4.38. The molecule has 1 unspecified atom stereocenters. The van der Waals surface area contributed by atoms with Gasteiger partial charge in [-0.3, -0.25) is 9.59 Å². The molecule has 1 aliphatic heterocycles. The summed E-state index contributed by atoms with van der Waals surface area (Å²) in [5, 5.41) is 4.70. The number of nitrogens with one attached hydrogen (secondary N) is 2. The fraction of sp³-hybridized carbons (Fsp3) is 0.800. The van der Waals surface area contributed by atoms with Crippen LogP contribution in [0.2, 0.25) is 0 Å². The van der Waals surface area contributed by atoms with Crippen molar-refractivity contribution in [2.45, 2.75) is 32.4 Å². The third-order valence-corrected chi connectivity index (χ3v) is 2.84. The van der Waals surface area contributed by atoms with Gasteiger partial charge in [0.2, 0.25) is 11.8 Å². The summed E-state index contributed by atoms with van der Waals surface area (Å²) < 4.78 is 35.7. The van der Waals surface area contributed by atoms with Crippen LogP contribution >= 0.6 is 0 Å². The first-order valence-electron chi connectivity index (χ1n) is 5.39. The smallest absolute Gasteiger partial charge is 0.355 e. The van der Waals surface area contributed by atoms with E-state index in [0.717, 1.165) is 0 Å². The highest BCUT2D eigenvalue weighted by Gasteiger charge is 2.42. The Bertz CT molecular complexity index is 317. The average Bonchev–Trinajstić information content (AvgIpc) is 2.20. The molecule has 7 heteroatoms. The molecule has 98 valence electrons. The summed E-state index contributed by atoms with van der Waals surface area (Å²) in [5.74, 6) is -1.06. The molecule has 4 nitrogen and oxygen atoms in total. The third kappa shape index (κ3) is 3.61. The Morgan fingerprint density at radius 2 is 2.18 bits per heavy atom. The molecular weight excluding hydrogens is 237 g/mol. The average molecular weight is 252 g/mol. The predicted octanol–water partition coefficient (Wildman–Crippen LogP) is 0.971. The predicted molar refractivity (Wildman–Crippen MR) is 54.0 cm³/mol. The maximum Gasteiger partial charge on any atom is 0.390 e. The fourth-order valence-corrected chi connectivity index (χ4v) is 1.68. The zero-order valence-electron chi connectivity index (χ0n) is 9.49. The van der Waals surface area contributed by atoms with Gasteiger partial charge in [0.25, 0.3) is 0 Å². The van der Waals surface area contributed by atoms with Gasteiger partial charge in [-0.25, -0.2) is 0 Å². The Labute approximate surface area is 96.9 Å². The molecule has 1 fully saturated rings. The normalized spacial score (nSPS) is 25.3. The highest BCUT2D eigenvalue weighted by atomic mass is 19.4. The van der Waals surface area contributed by atoms with E-state index in [1.165, 1.54) is 6.92 Å². The summed E-state index contributed by atoms with van der Waals surface area (Å²) in [7, 11) is 0. The van der Waals surface area contributed by atoms with E-state index < -0.39 is 36.4 Å². The summed E-state index contributed by atoms with van der Waals surface area (Å²) in [6.45, 7) is 1.46. The maximum absolute atomic E-state index is 11.9. The number of halogens is 3. The van der Waals surface area contributed by atoms with Gasteiger partial charge >= 0.3 is 6.18 Å². The van der Waals surface area contributed by atoms with Crippen LogP contribution in [0.25, 0.3) is 0 Å². The quantitative estimate of drug-likeness (QED) is 0.735. The first kappa shape index (κ1) is 13.8. The van der Waals surface area contributed by atoms with Crippen molar-refractivity contribution in [3.8, 4) is 0 Å². The highest BCUT2D eigenvalue weighted by molar-refractivity contribution is 6.05. The molecule has 1 aliphatic rings. The summed E-state index contributed by atoms with van der Waals surface area (Å²) in [4.78, 5) is 23.2. The van der Waals surface area contributed by atoms with Gasteiger partial charge in [0.15, 0.2) is 0 Å². The van der Waals surface area contributed by atoms with E-state index in [1.807, 2.05) is 0 Å². The second-order valence-electron chi connectivity index (χ2n) is 4.31. The van der Waals surface area contributed by atoms with Crippen LogP contribution in [0.15, 0.2) is 0 Å². The van der Waals surface area contributed by atoms with Crippen molar-refractivity contribution in [2.75, 3.05) is 13.1 Å². The van der Waals surface area contributed by atoms with E-state index in [1.54, 1.807) is 0 Å². The van der Waals surface area contributed by atoms with Crippen LogP contribution in [0.1, 0.15) is 26.2 Å². The van der Waals surface area contributed by atoms with Crippen molar-refractivity contribution in [3.05, 3.63) is 0 Å². The van der Waals surface area contributed by atoms with Gasteiger partial charge in [-0.05, 0) is 19.8 Å². The van der Waals surface area contributed by atoms with Crippen LogP contribution in [0.4, 0.5) is 13.2 Å². The number of alkyl halides is 3. The molecule has 0 aromatic rings. The molecule has 0 saturated carbocycles. The maximum atomic E-state index is 11.9. The zero-order chi connectivity index (χ0) is 13.1. The van der Waals surface area contributed by atoms with E-state index in [9.17, 15) is 22.8 Å². The lowest BCUT2D eigenvalue weighted by Crippen LogP contribution is -2.53. The van der Waals surface area contributed by atoms with Gasteiger partial charge in [0.05, 0.1) is 6.42 Å².